The van der Waals surface area contributed by atoms with Crippen molar-refractivity contribution in [3.8, 4) is 0 Å². The third-order valence-corrected chi connectivity index (χ3v) is 3.93. The van der Waals surface area contributed by atoms with Crippen molar-refractivity contribution in [3.05, 3.63) is 36.5 Å². The van der Waals surface area contributed by atoms with Gasteiger partial charge < -0.3 is 5.32 Å². The Balaban J connectivity index is 2.25. The number of rotatable bonds is 4. The molecule has 0 amide bonds. The molecule has 2 rings (SSSR count). The zero-order chi connectivity index (χ0) is 13.2. The van der Waals surface area contributed by atoms with E-state index >= 15 is 0 Å². The molecule has 0 aliphatic carbocycles. The average Bonchev–Trinajstić information content (AvgIpc) is 2.77. The summed E-state index contributed by atoms with van der Waals surface area (Å²) in [5.74, 6) is 0. The van der Waals surface area contributed by atoms with Crippen molar-refractivity contribution in [2.24, 2.45) is 7.05 Å². The molecule has 0 fully saturated rings. The van der Waals surface area contributed by atoms with Crippen LogP contribution in [0.15, 0.2) is 41.6 Å². The van der Waals surface area contributed by atoms with Crippen molar-refractivity contribution in [2.75, 3.05) is 17.1 Å². The maximum Gasteiger partial charge on any atom is 0.279 e. The van der Waals surface area contributed by atoms with Crippen molar-refractivity contribution >= 4 is 21.4 Å². The quantitative estimate of drug-likeness (QED) is 0.873. The lowest BCUT2D eigenvalue weighted by molar-refractivity contribution is 0.582. The first-order valence-corrected chi connectivity index (χ1v) is 6.80. The zero-order valence-corrected chi connectivity index (χ0v) is 10.9. The minimum Gasteiger partial charge on any atom is -0.388 e. The number of sulfonamides is 1. The highest BCUT2D eigenvalue weighted by molar-refractivity contribution is 7.92. The van der Waals surface area contributed by atoms with Gasteiger partial charge in [0.2, 0.25) is 0 Å². The average molecular weight is 266 g/mol. The third-order valence-electron chi connectivity index (χ3n) is 2.48. The summed E-state index contributed by atoms with van der Waals surface area (Å²) in [4.78, 5) is 0. The summed E-state index contributed by atoms with van der Waals surface area (Å²) in [6.07, 6.45) is 1.44. The Labute approximate surface area is 106 Å². The summed E-state index contributed by atoms with van der Waals surface area (Å²) < 4.78 is 27.9. The topological polar surface area (TPSA) is 76.0 Å². The van der Waals surface area contributed by atoms with Crippen LogP contribution in [0.25, 0.3) is 0 Å². The summed E-state index contributed by atoms with van der Waals surface area (Å²) in [7, 11) is -0.208. The second-order valence-corrected chi connectivity index (χ2v) is 5.36. The Morgan fingerprint density at radius 2 is 1.72 bits per heavy atom. The van der Waals surface area contributed by atoms with Gasteiger partial charge in [0.05, 0.1) is 6.20 Å². The van der Waals surface area contributed by atoms with Crippen LogP contribution in [-0.2, 0) is 17.1 Å². The molecule has 2 aromatic rings. The highest BCUT2D eigenvalue weighted by Gasteiger charge is 2.17. The number of aryl methyl sites for hydroxylation is 1. The molecule has 0 saturated carbocycles. The van der Waals surface area contributed by atoms with E-state index in [1.807, 2.05) is 0 Å². The van der Waals surface area contributed by atoms with Gasteiger partial charge in [0.1, 0.15) is 0 Å². The number of nitrogens with zero attached hydrogens (tertiary/aromatic N) is 2. The Morgan fingerprint density at radius 3 is 2.22 bits per heavy atom. The van der Waals surface area contributed by atoms with E-state index < -0.39 is 10.0 Å². The smallest absolute Gasteiger partial charge is 0.279 e. The fourth-order valence-corrected chi connectivity index (χ4v) is 2.72. The predicted molar refractivity (Wildman–Crippen MR) is 70.0 cm³/mol. The number of aromatic nitrogens is 2. The molecule has 1 heterocycles. The van der Waals surface area contributed by atoms with Gasteiger partial charge >= 0.3 is 0 Å². The first-order valence-electron chi connectivity index (χ1n) is 5.31. The van der Waals surface area contributed by atoms with Crippen LogP contribution in [0.1, 0.15) is 0 Å². The first-order chi connectivity index (χ1) is 8.53. The van der Waals surface area contributed by atoms with Crippen LogP contribution in [0, 0.1) is 0 Å². The molecule has 1 aromatic heterocycles. The van der Waals surface area contributed by atoms with Crippen molar-refractivity contribution in [1.82, 2.24) is 9.78 Å². The Hall–Kier alpha value is -2.02. The lowest BCUT2D eigenvalue weighted by Gasteiger charge is -2.08. The Morgan fingerprint density at radius 1 is 1.11 bits per heavy atom. The van der Waals surface area contributed by atoms with Gasteiger partial charge in [0.15, 0.2) is 5.03 Å². The molecular weight excluding hydrogens is 252 g/mol. The SMILES string of the molecule is CNc1ccc(NS(=O)(=O)c2ccnn2C)cc1. The van der Waals surface area contributed by atoms with E-state index in [9.17, 15) is 8.42 Å². The maximum absolute atomic E-state index is 12.1. The summed E-state index contributed by atoms with van der Waals surface area (Å²) in [6, 6.07) is 8.42. The van der Waals surface area contributed by atoms with Crippen LogP contribution in [-0.4, -0.2) is 25.2 Å². The van der Waals surface area contributed by atoms with Gasteiger partial charge in [0, 0.05) is 25.5 Å². The van der Waals surface area contributed by atoms with Crippen LogP contribution < -0.4 is 10.0 Å². The Bertz CT molecular complexity index is 631. The molecule has 0 atom stereocenters. The zero-order valence-electron chi connectivity index (χ0n) is 10.1. The minimum atomic E-state index is -3.59. The van der Waals surface area contributed by atoms with Gasteiger partial charge in [-0.05, 0) is 30.3 Å². The van der Waals surface area contributed by atoms with E-state index in [4.69, 9.17) is 0 Å². The lowest BCUT2D eigenvalue weighted by Crippen LogP contribution is -2.16. The number of anilines is 2. The number of hydrogen-bond donors (Lipinski definition) is 2. The summed E-state index contributed by atoms with van der Waals surface area (Å²) >= 11 is 0. The molecule has 18 heavy (non-hydrogen) atoms. The van der Waals surface area contributed by atoms with Crippen molar-refractivity contribution in [1.29, 1.82) is 0 Å². The predicted octanol–water partition coefficient (Wildman–Crippen LogP) is 1.26. The summed E-state index contributed by atoms with van der Waals surface area (Å²) in [6.45, 7) is 0. The van der Waals surface area contributed by atoms with Gasteiger partial charge in [-0.15, -0.1) is 0 Å². The second kappa shape index (κ2) is 4.69. The van der Waals surface area contributed by atoms with Gasteiger partial charge in [-0.25, -0.2) is 0 Å². The molecule has 0 bridgehead atoms. The van der Waals surface area contributed by atoms with Gasteiger partial charge in [-0.3, -0.25) is 9.40 Å². The largest absolute Gasteiger partial charge is 0.388 e. The number of benzene rings is 1. The molecule has 0 spiro atoms. The molecule has 2 N–H and O–H groups in total. The number of nitrogens with one attached hydrogen (secondary N) is 2. The molecule has 0 unspecified atom stereocenters. The second-order valence-electron chi connectivity index (χ2n) is 3.73. The van der Waals surface area contributed by atoms with E-state index in [1.54, 1.807) is 38.4 Å². The molecule has 0 aliphatic heterocycles. The van der Waals surface area contributed by atoms with Gasteiger partial charge in [-0.2, -0.15) is 13.5 Å². The van der Waals surface area contributed by atoms with Crippen molar-refractivity contribution in [2.45, 2.75) is 5.03 Å². The molecule has 0 saturated heterocycles. The molecule has 6 nitrogen and oxygen atoms in total. The summed E-state index contributed by atoms with van der Waals surface area (Å²) in [5, 5.41) is 6.93. The highest BCUT2D eigenvalue weighted by Crippen LogP contribution is 2.17. The van der Waals surface area contributed by atoms with Gasteiger partial charge in [0.25, 0.3) is 10.0 Å². The Kier molecular flexibility index (Phi) is 3.24. The van der Waals surface area contributed by atoms with Gasteiger partial charge in [-0.1, -0.05) is 0 Å². The summed E-state index contributed by atoms with van der Waals surface area (Å²) in [5.41, 5.74) is 1.42. The first kappa shape index (κ1) is 12.4. The van der Waals surface area contributed by atoms with Crippen molar-refractivity contribution in [3.63, 3.8) is 0 Å². The molecule has 7 heteroatoms. The van der Waals surface area contributed by atoms with E-state index in [1.165, 1.54) is 16.9 Å². The highest BCUT2D eigenvalue weighted by atomic mass is 32.2. The molecule has 0 aliphatic rings. The third kappa shape index (κ3) is 2.45. The molecular formula is C11H14N4O2S. The maximum atomic E-state index is 12.1. The van der Waals surface area contributed by atoms with Crippen molar-refractivity contribution < 1.29 is 8.42 Å². The van der Waals surface area contributed by atoms with E-state index in [-0.39, 0.29) is 5.03 Å². The fraction of sp³-hybridized carbons (Fsp3) is 0.182. The molecule has 0 radical (unpaired) electrons. The number of hydrogen-bond acceptors (Lipinski definition) is 4. The van der Waals surface area contributed by atoms with E-state index in [2.05, 4.69) is 15.1 Å². The van der Waals surface area contributed by atoms with Crippen LogP contribution in [0.4, 0.5) is 11.4 Å². The molecule has 1 aromatic carbocycles. The standard InChI is InChI=1S/C11H14N4O2S/c1-12-9-3-5-10(6-4-9)14-18(16,17)11-7-8-13-15(11)2/h3-8,12,14H,1-2H3. The van der Waals surface area contributed by atoms with Crippen LogP contribution >= 0.6 is 0 Å². The minimum absolute atomic E-state index is 0.125. The van der Waals surface area contributed by atoms with E-state index in [0.29, 0.717) is 5.69 Å². The normalized spacial score (nSPS) is 11.2. The molecule has 96 valence electrons. The van der Waals surface area contributed by atoms with Crippen LogP contribution in [0.2, 0.25) is 0 Å². The van der Waals surface area contributed by atoms with E-state index in [0.717, 1.165) is 5.69 Å². The van der Waals surface area contributed by atoms with Crippen LogP contribution in [0.3, 0.4) is 0 Å². The monoisotopic (exact) mass is 266 g/mol. The fourth-order valence-electron chi connectivity index (χ4n) is 1.54. The lowest BCUT2D eigenvalue weighted by atomic mass is 10.3. The van der Waals surface area contributed by atoms with Crippen LogP contribution in [0.5, 0.6) is 0 Å².